The molecule has 90 valence electrons. The molecule has 0 unspecified atom stereocenters. The fourth-order valence-corrected chi connectivity index (χ4v) is 2.33. The van der Waals surface area contributed by atoms with E-state index in [0.29, 0.717) is 25.9 Å². The van der Waals surface area contributed by atoms with Gasteiger partial charge in [0, 0.05) is 19.5 Å². The molecule has 0 N–H and O–H groups in total. The Bertz CT molecular complexity index is 280. The summed E-state index contributed by atoms with van der Waals surface area (Å²) >= 11 is 0. The molecule has 6 heteroatoms. The normalized spacial score (nSPS) is 11.7. The van der Waals surface area contributed by atoms with E-state index in [1.165, 1.54) is 4.31 Å². The van der Waals surface area contributed by atoms with Crippen LogP contribution in [-0.4, -0.2) is 31.8 Å². The number of rotatable bonds is 7. The predicted molar refractivity (Wildman–Crippen MR) is 57.5 cm³/mol. The summed E-state index contributed by atoms with van der Waals surface area (Å²) in [5.41, 5.74) is 0. The summed E-state index contributed by atoms with van der Waals surface area (Å²) in [7, 11) is -3.87. The maximum atomic E-state index is 11.6. The molecule has 0 radical (unpaired) electrons. The van der Waals surface area contributed by atoms with Crippen molar-refractivity contribution in [2.24, 2.45) is 0 Å². The van der Waals surface area contributed by atoms with Gasteiger partial charge in [-0.3, -0.25) is 4.79 Å². The van der Waals surface area contributed by atoms with Gasteiger partial charge in [0.2, 0.25) is 0 Å². The Balaban J connectivity index is 4.56. The maximum absolute atomic E-state index is 11.6. The molecule has 0 spiro atoms. The van der Waals surface area contributed by atoms with Gasteiger partial charge in [0.05, 0.1) is 0 Å². The second kappa shape index (κ2) is 6.79. The van der Waals surface area contributed by atoms with Gasteiger partial charge in [0.25, 0.3) is 0 Å². The highest BCUT2D eigenvalue weighted by Crippen LogP contribution is 2.06. The Morgan fingerprint density at radius 2 is 1.60 bits per heavy atom. The molecule has 0 aliphatic carbocycles. The molecule has 5 nitrogen and oxygen atoms in total. The van der Waals surface area contributed by atoms with E-state index < -0.39 is 16.3 Å². The monoisotopic (exact) mass is 237 g/mol. The fraction of sp³-hybridized carbons (Fsp3) is 0.889. The lowest BCUT2D eigenvalue weighted by atomic mass is 10.4. The minimum atomic E-state index is -3.87. The molecule has 0 amide bonds. The number of carbonyl (C=O) groups excluding carboxylic acids is 1. The van der Waals surface area contributed by atoms with Gasteiger partial charge in [-0.05, 0) is 12.8 Å². The van der Waals surface area contributed by atoms with Gasteiger partial charge in [0.1, 0.15) is 0 Å². The Kier molecular flexibility index (Phi) is 6.51. The topological polar surface area (TPSA) is 63.7 Å². The molecule has 0 fully saturated rings. The van der Waals surface area contributed by atoms with Crippen LogP contribution in [0.5, 0.6) is 0 Å². The van der Waals surface area contributed by atoms with Gasteiger partial charge >= 0.3 is 16.3 Å². The summed E-state index contributed by atoms with van der Waals surface area (Å²) in [5.74, 6) is -0.716. The third-order valence-corrected chi connectivity index (χ3v) is 3.14. The summed E-state index contributed by atoms with van der Waals surface area (Å²) in [5, 5.41) is 0. The van der Waals surface area contributed by atoms with Crippen LogP contribution in [0, 0.1) is 0 Å². The van der Waals surface area contributed by atoms with Crippen molar-refractivity contribution in [1.29, 1.82) is 0 Å². The zero-order valence-corrected chi connectivity index (χ0v) is 10.3. The van der Waals surface area contributed by atoms with Crippen molar-refractivity contribution >= 4 is 16.3 Å². The number of nitrogens with zero attached hydrogens (tertiary/aromatic N) is 1. The van der Waals surface area contributed by atoms with Crippen molar-refractivity contribution in [1.82, 2.24) is 4.31 Å². The third-order valence-electron chi connectivity index (χ3n) is 1.75. The SMILES string of the molecule is CCCN(CCC)S(=O)(=O)OC(=O)CC. The molecule has 0 atom stereocenters. The molecule has 0 aliphatic rings. The summed E-state index contributed by atoms with van der Waals surface area (Å²) in [6.45, 7) is 6.07. The van der Waals surface area contributed by atoms with Crippen LogP contribution in [0.2, 0.25) is 0 Å². The molecule has 0 aromatic rings. The van der Waals surface area contributed by atoms with E-state index in [0.717, 1.165) is 0 Å². The lowest BCUT2D eigenvalue weighted by molar-refractivity contribution is -0.133. The van der Waals surface area contributed by atoms with Crippen molar-refractivity contribution < 1.29 is 17.4 Å². The lowest BCUT2D eigenvalue weighted by Crippen LogP contribution is -2.35. The molecule has 0 saturated heterocycles. The van der Waals surface area contributed by atoms with Crippen LogP contribution < -0.4 is 0 Å². The quantitative estimate of drug-likeness (QED) is 0.669. The highest BCUT2D eigenvalue weighted by atomic mass is 32.2. The van der Waals surface area contributed by atoms with Gasteiger partial charge in [-0.2, -0.15) is 12.7 Å². The second-order valence-electron chi connectivity index (χ2n) is 3.17. The average molecular weight is 237 g/mol. The number of hydrogen-bond acceptors (Lipinski definition) is 4. The van der Waals surface area contributed by atoms with Crippen molar-refractivity contribution in [3.8, 4) is 0 Å². The predicted octanol–water partition coefficient (Wildman–Crippen LogP) is 1.31. The first-order valence-electron chi connectivity index (χ1n) is 5.20. The maximum Gasteiger partial charge on any atom is 0.387 e. The van der Waals surface area contributed by atoms with E-state index in [2.05, 4.69) is 4.18 Å². The molecular weight excluding hydrogens is 218 g/mol. The second-order valence-corrected chi connectivity index (χ2v) is 4.70. The van der Waals surface area contributed by atoms with Crippen LogP contribution >= 0.6 is 0 Å². The highest BCUT2D eigenvalue weighted by molar-refractivity contribution is 7.84. The van der Waals surface area contributed by atoms with Gasteiger partial charge in [-0.15, -0.1) is 0 Å². The van der Waals surface area contributed by atoms with E-state index in [1.807, 2.05) is 13.8 Å². The standard InChI is InChI=1S/C9H19NO4S/c1-4-7-10(8-5-2)15(12,13)14-9(11)6-3/h4-8H2,1-3H3. The largest absolute Gasteiger partial charge is 0.387 e. The van der Waals surface area contributed by atoms with E-state index >= 15 is 0 Å². The molecule has 0 aromatic carbocycles. The minimum absolute atomic E-state index is 0.0608. The van der Waals surface area contributed by atoms with E-state index in [-0.39, 0.29) is 6.42 Å². The third kappa shape index (κ3) is 5.13. The molecule has 0 saturated carbocycles. The zero-order chi connectivity index (χ0) is 11.9. The van der Waals surface area contributed by atoms with Crippen LogP contribution in [0.15, 0.2) is 0 Å². The number of hydrogen-bond donors (Lipinski definition) is 0. The smallest absolute Gasteiger partial charge is 0.334 e. The van der Waals surface area contributed by atoms with Gasteiger partial charge in [-0.1, -0.05) is 20.8 Å². The Morgan fingerprint density at radius 1 is 1.13 bits per heavy atom. The first-order valence-corrected chi connectivity index (χ1v) is 6.56. The summed E-state index contributed by atoms with van der Waals surface area (Å²) < 4.78 is 28.7. The molecule has 0 heterocycles. The van der Waals surface area contributed by atoms with Crippen LogP contribution in [0.3, 0.4) is 0 Å². The fourth-order valence-electron chi connectivity index (χ4n) is 1.06. The first kappa shape index (κ1) is 14.4. The summed E-state index contributed by atoms with van der Waals surface area (Å²) in [6, 6.07) is 0. The minimum Gasteiger partial charge on any atom is -0.334 e. The summed E-state index contributed by atoms with van der Waals surface area (Å²) in [6.07, 6.45) is 1.46. The zero-order valence-electron chi connectivity index (χ0n) is 9.52. The van der Waals surface area contributed by atoms with Crippen molar-refractivity contribution in [2.75, 3.05) is 13.1 Å². The molecule has 0 bridgehead atoms. The molecule has 15 heavy (non-hydrogen) atoms. The lowest BCUT2D eigenvalue weighted by Gasteiger charge is -2.19. The van der Waals surface area contributed by atoms with Crippen LogP contribution in [0.4, 0.5) is 0 Å². The van der Waals surface area contributed by atoms with Gasteiger partial charge < -0.3 is 4.18 Å². The van der Waals surface area contributed by atoms with E-state index in [4.69, 9.17) is 0 Å². The molecular formula is C9H19NO4S. The van der Waals surface area contributed by atoms with Gasteiger partial charge in [-0.25, -0.2) is 0 Å². The Morgan fingerprint density at radius 3 is 1.93 bits per heavy atom. The Hall–Kier alpha value is -0.620. The van der Waals surface area contributed by atoms with Crippen LogP contribution in [0.1, 0.15) is 40.0 Å². The van der Waals surface area contributed by atoms with Crippen LogP contribution in [0.25, 0.3) is 0 Å². The summed E-state index contributed by atoms with van der Waals surface area (Å²) in [4.78, 5) is 10.9. The highest BCUT2D eigenvalue weighted by Gasteiger charge is 2.24. The number of carbonyl (C=O) groups is 1. The van der Waals surface area contributed by atoms with Crippen molar-refractivity contribution in [3.05, 3.63) is 0 Å². The average Bonchev–Trinajstić information content (AvgIpc) is 2.16. The van der Waals surface area contributed by atoms with E-state index in [1.54, 1.807) is 6.92 Å². The van der Waals surface area contributed by atoms with E-state index in [9.17, 15) is 13.2 Å². The van der Waals surface area contributed by atoms with Crippen LogP contribution in [-0.2, 0) is 19.3 Å². The van der Waals surface area contributed by atoms with Gasteiger partial charge in [0.15, 0.2) is 0 Å². The molecule has 0 aliphatic heterocycles. The van der Waals surface area contributed by atoms with Crippen molar-refractivity contribution in [2.45, 2.75) is 40.0 Å². The molecule has 0 rings (SSSR count). The van der Waals surface area contributed by atoms with Crippen molar-refractivity contribution in [3.63, 3.8) is 0 Å². The Labute approximate surface area is 91.7 Å². The molecule has 0 aromatic heterocycles. The first-order chi connectivity index (χ1) is 6.97.